The molecule has 1 N–H and O–H groups in total. The van der Waals surface area contributed by atoms with Crippen LogP contribution in [0.5, 0.6) is 5.75 Å². The minimum Gasteiger partial charge on any atom is -0.484 e. The van der Waals surface area contributed by atoms with E-state index in [2.05, 4.69) is 41.3 Å². The van der Waals surface area contributed by atoms with Gasteiger partial charge in [-0.05, 0) is 59.0 Å². The highest BCUT2D eigenvalue weighted by molar-refractivity contribution is 9.10. The molecular weight excluding hydrogens is 612 g/mol. The Kier molecular flexibility index (Phi) is 7.82. The molecule has 17 heteroatoms. The fourth-order valence-electron chi connectivity index (χ4n) is 3.81. The van der Waals surface area contributed by atoms with E-state index in [4.69, 9.17) is 4.74 Å². The highest BCUT2D eigenvalue weighted by Crippen LogP contribution is 2.56. The molecule has 210 valence electrons. The highest BCUT2D eigenvalue weighted by Gasteiger charge is 2.56. The number of hydrogen-bond acceptors (Lipinski definition) is 6. The number of nitrogens with zero attached hydrogens (tertiary/aromatic N) is 5. The van der Waals surface area contributed by atoms with Crippen molar-refractivity contribution in [3.63, 3.8) is 0 Å². The van der Waals surface area contributed by atoms with E-state index in [-0.39, 0.29) is 34.2 Å². The second kappa shape index (κ2) is 10.7. The topological polar surface area (TPSA) is 94.8 Å². The number of ether oxygens (including phenoxy) is 1. The molecule has 0 saturated heterocycles. The van der Waals surface area contributed by atoms with Gasteiger partial charge in [0.15, 0.2) is 11.6 Å². The molecule has 0 aliphatic heterocycles. The minimum absolute atomic E-state index is 0.0306. The van der Waals surface area contributed by atoms with Crippen molar-refractivity contribution < 1.29 is 44.7 Å². The van der Waals surface area contributed by atoms with Crippen LogP contribution >= 0.6 is 15.9 Å². The average Bonchev–Trinajstić information content (AvgIpc) is 3.58. The molecule has 1 aromatic carbocycles. The summed E-state index contributed by atoms with van der Waals surface area (Å²) in [5.41, 5.74) is -1.97. The molecule has 8 nitrogen and oxygen atoms in total. The molecule has 39 heavy (non-hydrogen) atoms. The van der Waals surface area contributed by atoms with Crippen molar-refractivity contribution in [3.8, 4) is 11.7 Å². The summed E-state index contributed by atoms with van der Waals surface area (Å²) in [4.78, 5) is 24.9. The van der Waals surface area contributed by atoms with E-state index in [0.29, 0.717) is 12.1 Å². The van der Waals surface area contributed by atoms with Crippen LogP contribution in [0.2, 0.25) is 0 Å². The van der Waals surface area contributed by atoms with E-state index in [1.807, 2.05) is 0 Å². The number of amides is 1. The Morgan fingerprint density at radius 1 is 1.15 bits per heavy atom. The van der Waals surface area contributed by atoms with Crippen molar-refractivity contribution in [2.45, 2.75) is 44.1 Å². The lowest BCUT2D eigenvalue weighted by Crippen LogP contribution is -2.29. The number of carbonyl (C=O) groups excluding carboxylic acids is 1. The fraction of sp³-hybridized carbons (Fsp3) is 0.409. The molecule has 1 aliphatic carbocycles. The van der Waals surface area contributed by atoms with Gasteiger partial charge in [-0.15, -0.1) is 5.10 Å². The maximum absolute atomic E-state index is 13.5. The first-order chi connectivity index (χ1) is 18.1. The van der Waals surface area contributed by atoms with Crippen LogP contribution in [-0.4, -0.2) is 49.8 Å². The van der Waals surface area contributed by atoms with Crippen molar-refractivity contribution in [2.24, 2.45) is 5.92 Å². The monoisotopic (exact) mass is 628 g/mol. The Labute approximate surface area is 222 Å². The van der Waals surface area contributed by atoms with Crippen LogP contribution in [0, 0.1) is 5.92 Å². The van der Waals surface area contributed by atoms with E-state index >= 15 is 0 Å². The third-order valence-electron chi connectivity index (χ3n) is 5.71. The number of rotatable bonds is 8. The van der Waals surface area contributed by atoms with E-state index in [0.717, 1.165) is 23.1 Å². The van der Waals surface area contributed by atoms with Crippen LogP contribution in [0.25, 0.3) is 5.95 Å². The Morgan fingerprint density at radius 3 is 2.38 bits per heavy atom. The van der Waals surface area contributed by atoms with Crippen LogP contribution in [0.4, 0.5) is 35.1 Å². The van der Waals surface area contributed by atoms with Gasteiger partial charge in [0.05, 0.1) is 29.9 Å². The summed E-state index contributed by atoms with van der Waals surface area (Å²) in [5, 5.41) is 6.49. The number of alkyl halides is 8. The summed E-state index contributed by atoms with van der Waals surface area (Å²) >= 11 is 3.06. The summed E-state index contributed by atoms with van der Waals surface area (Å²) in [7, 11) is 0. The molecule has 0 bridgehead atoms. The maximum atomic E-state index is 13.5. The lowest BCUT2D eigenvalue weighted by atomic mass is 10.0. The molecule has 2 heterocycles. The van der Waals surface area contributed by atoms with Crippen molar-refractivity contribution in [1.29, 1.82) is 0 Å². The zero-order chi connectivity index (χ0) is 28.7. The number of carbonyl (C=O) groups is 1. The van der Waals surface area contributed by atoms with Gasteiger partial charge < -0.3 is 10.1 Å². The SMILES string of the molecule is CC(NC(=O)c1cc(C2CC2C(F)(F)F)cc(C(F)(F)F)c1)c1nc(Br)nn1-c1ncc(OCC(F)F)cn1. The number of aromatic nitrogens is 5. The van der Waals surface area contributed by atoms with Gasteiger partial charge in [0.2, 0.25) is 4.73 Å². The first kappa shape index (κ1) is 28.6. The molecule has 2 aromatic heterocycles. The highest BCUT2D eigenvalue weighted by atomic mass is 79.9. The van der Waals surface area contributed by atoms with Gasteiger partial charge in [-0.1, -0.05) is 0 Å². The maximum Gasteiger partial charge on any atom is 0.416 e. The summed E-state index contributed by atoms with van der Waals surface area (Å²) in [6.45, 7) is 0.556. The molecule has 3 unspecified atom stereocenters. The van der Waals surface area contributed by atoms with E-state index in [9.17, 15) is 39.9 Å². The van der Waals surface area contributed by atoms with Gasteiger partial charge in [-0.2, -0.15) is 31.0 Å². The van der Waals surface area contributed by atoms with Gasteiger partial charge in [0, 0.05) is 5.56 Å². The number of benzene rings is 1. The third-order valence-corrected chi connectivity index (χ3v) is 6.04. The molecule has 0 spiro atoms. The number of hydrogen-bond donors (Lipinski definition) is 1. The van der Waals surface area contributed by atoms with Gasteiger partial charge in [0.25, 0.3) is 18.3 Å². The molecule has 3 atom stereocenters. The molecule has 3 aromatic rings. The summed E-state index contributed by atoms with van der Waals surface area (Å²) in [5.74, 6) is -4.07. The average molecular weight is 629 g/mol. The van der Waals surface area contributed by atoms with Crippen molar-refractivity contribution >= 4 is 21.8 Å². The Morgan fingerprint density at radius 2 is 1.82 bits per heavy atom. The summed E-state index contributed by atoms with van der Waals surface area (Å²) < 4.78 is 110. The molecule has 1 amide bonds. The number of nitrogens with one attached hydrogen (secondary N) is 1. The predicted molar refractivity (Wildman–Crippen MR) is 120 cm³/mol. The standard InChI is InChI=1S/C22H17BrF8N6O2/c1-9(17-35-19(23)36-37(17)20-32-6-13(7-33-20)39-8-16(24)25)34-18(38)11-2-10(3-12(4-11)21(26,27)28)14-5-15(14)22(29,30)31/h2-4,6-7,9,14-16H,5,8H2,1H3,(H,34,38). The number of halogens is 9. The fourth-order valence-corrected chi connectivity index (χ4v) is 4.15. The molecule has 0 radical (unpaired) electrons. The van der Waals surface area contributed by atoms with Gasteiger partial charge in [-0.25, -0.2) is 23.7 Å². The van der Waals surface area contributed by atoms with Crippen LogP contribution in [0.15, 0.2) is 35.3 Å². The van der Waals surface area contributed by atoms with Crippen LogP contribution in [0.3, 0.4) is 0 Å². The Hall–Kier alpha value is -3.37. The van der Waals surface area contributed by atoms with Crippen LogP contribution < -0.4 is 10.1 Å². The van der Waals surface area contributed by atoms with Gasteiger partial charge in [-0.3, -0.25) is 4.79 Å². The largest absolute Gasteiger partial charge is 0.484 e. The zero-order valence-electron chi connectivity index (χ0n) is 19.6. The molecule has 1 saturated carbocycles. The predicted octanol–water partition coefficient (Wildman–Crippen LogP) is 5.64. The third kappa shape index (κ3) is 6.80. The van der Waals surface area contributed by atoms with Crippen molar-refractivity contribution in [2.75, 3.05) is 6.61 Å². The quantitative estimate of drug-likeness (QED) is 0.325. The minimum atomic E-state index is -4.90. The first-order valence-corrected chi connectivity index (χ1v) is 11.9. The lowest BCUT2D eigenvalue weighted by Gasteiger charge is -2.16. The summed E-state index contributed by atoms with van der Waals surface area (Å²) in [6, 6.07) is 1.18. The van der Waals surface area contributed by atoms with E-state index in [1.54, 1.807) is 0 Å². The smallest absolute Gasteiger partial charge is 0.416 e. The molecular formula is C22H17BrF8N6O2. The van der Waals surface area contributed by atoms with E-state index < -0.39 is 60.3 Å². The normalized spacial score (nSPS) is 18.2. The van der Waals surface area contributed by atoms with Crippen LogP contribution in [0.1, 0.15) is 52.6 Å². The van der Waals surface area contributed by atoms with Gasteiger partial charge in [0.1, 0.15) is 6.61 Å². The molecule has 1 fully saturated rings. The molecule has 1 aliphatic rings. The molecule has 4 rings (SSSR count). The summed E-state index contributed by atoms with van der Waals surface area (Å²) in [6.07, 6.45) is -10.3. The zero-order valence-corrected chi connectivity index (χ0v) is 21.2. The van der Waals surface area contributed by atoms with Crippen LogP contribution in [-0.2, 0) is 6.18 Å². The van der Waals surface area contributed by atoms with E-state index in [1.165, 1.54) is 6.92 Å². The Bertz CT molecular complexity index is 1350. The van der Waals surface area contributed by atoms with Gasteiger partial charge >= 0.3 is 12.4 Å². The Balaban J connectivity index is 1.56. The second-order valence-corrected chi connectivity index (χ2v) is 9.31. The van der Waals surface area contributed by atoms with Crippen molar-refractivity contribution in [1.82, 2.24) is 30.0 Å². The first-order valence-electron chi connectivity index (χ1n) is 11.1. The lowest BCUT2D eigenvalue weighted by molar-refractivity contribution is -0.148. The second-order valence-electron chi connectivity index (χ2n) is 8.60. The van der Waals surface area contributed by atoms with Crippen molar-refractivity contribution in [3.05, 3.63) is 57.8 Å².